The van der Waals surface area contributed by atoms with E-state index in [0.29, 0.717) is 6.42 Å². The van der Waals surface area contributed by atoms with Crippen LogP contribution >= 0.6 is 0 Å². The van der Waals surface area contributed by atoms with Crippen LogP contribution < -0.4 is 5.32 Å². The van der Waals surface area contributed by atoms with E-state index in [9.17, 15) is 4.79 Å². The van der Waals surface area contributed by atoms with Gasteiger partial charge in [0.25, 0.3) is 0 Å². The van der Waals surface area contributed by atoms with Crippen LogP contribution in [-0.2, 0) is 18.3 Å². The number of hydrogen-bond donors (Lipinski definition) is 1. The summed E-state index contributed by atoms with van der Waals surface area (Å²) in [6.45, 7) is 4.43. The smallest absolute Gasteiger partial charge is 0.223 e. The van der Waals surface area contributed by atoms with Crippen molar-refractivity contribution in [2.45, 2.75) is 25.8 Å². The van der Waals surface area contributed by atoms with Gasteiger partial charge in [0.1, 0.15) is 11.9 Å². The molecule has 2 aromatic rings. The van der Waals surface area contributed by atoms with E-state index in [4.69, 9.17) is 0 Å². The van der Waals surface area contributed by atoms with Crippen molar-refractivity contribution in [3.8, 4) is 0 Å². The molecule has 0 radical (unpaired) electrons. The fourth-order valence-corrected chi connectivity index (χ4v) is 3.08. The van der Waals surface area contributed by atoms with E-state index in [1.54, 1.807) is 6.20 Å². The highest BCUT2D eigenvalue weighted by atomic mass is 16.2. The zero-order valence-electron chi connectivity index (χ0n) is 13.8. The van der Waals surface area contributed by atoms with Crippen LogP contribution in [0.3, 0.4) is 0 Å². The lowest BCUT2D eigenvalue weighted by Crippen LogP contribution is -2.49. The topological polar surface area (TPSA) is 50.2 Å². The molecule has 0 aliphatic carbocycles. The van der Waals surface area contributed by atoms with Gasteiger partial charge in [-0.3, -0.25) is 4.79 Å². The van der Waals surface area contributed by atoms with E-state index in [0.717, 1.165) is 31.9 Å². The number of carbonyl (C=O) groups is 1. The summed E-state index contributed by atoms with van der Waals surface area (Å²) in [4.78, 5) is 19.1. The average molecular weight is 312 g/mol. The zero-order chi connectivity index (χ0) is 16.2. The predicted octanol–water partition coefficient (Wildman–Crippen LogP) is 1.83. The molecule has 1 aliphatic heterocycles. The highest BCUT2D eigenvalue weighted by Crippen LogP contribution is 2.21. The Morgan fingerprint density at radius 2 is 2.13 bits per heavy atom. The number of rotatable bonds is 4. The molecule has 1 amide bonds. The second-order valence-electron chi connectivity index (χ2n) is 6.19. The molecule has 1 aromatic heterocycles. The van der Waals surface area contributed by atoms with Crippen LogP contribution in [0.5, 0.6) is 0 Å². The molecule has 5 heteroatoms. The molecule has 0 bridgehead atoms. The van der Waals surface area contributed by atoms with Crippen molar-refractivity contribution >= 4 is 5.91 Å². The van der Waals surface area contributed by atoms with Crippen molar-refractivity contribution in [1.82, 2.24) is 19.8 Å². The van der Waals surface area contributed by atoms with Crippen LogP contribution in [0, 0.1) is 6.92 Å². The summed E-state index contributed by atoms with van der Waals surface area (Å²) >= 11 is 0. The summed E-state index contributed by atoms with van der Waals surface area (Å²) in [5.41, 5.74) is 2.46. The molecule has 23 heavy (non-hydrogen) atoms. The monoisotopic (exact) mass is 312 g/mol. The maximum atomic E-state index is 12.7. The molecule has 1 unspecified atom stereocenters. The quantitative estimate of drug-likeness (QED) is 0.937. The number of imidazole rings is 1. The number of nitrogens with one attached hydrogen (secondary N) is 1. The van der Waals surface area contributed by atoms with Gasteiger partial charge in [-0.2, -0.15) is 0 Å². The van der Waals surface area contributed by atoms with Crippen molar-refractivity contribution < 1.29 is 4.79 Å². The minimum atomic E-state index is 0.0225. The Balaban J connectivity index is 1.66. The fourth-order valence-electron chi connectivity index (χ4n) is 3.08. The number of hydrogen-bond acceptors (Lipinski definition) is 3. The number of aryl methyl sites for hydroxylation is 3. The maximum Gasteiger partial charge on any atom is 0.223 e. The number of aromatic nitrogens is 2. The molecule has 3 rings (SSSR count). The normalized spacial score (nSPS) is 18.2. The zero-order valence-corrected chi connectivity index (χ0v) is 13.8. The second-order valence-corrected chi connectivity index (χ2v) is 6.19. The molecule has 1 N–H and O–H groups in total. The van der Waals surface area contributed by atoms with E-state index >= 15 is 0 Å². The van der Waals surface area contributed by atoms with Gasteiger partial charge in [-0.1, -0.05) is 29.8 Å². The highest BCUT2D eigenvalue weighted by molar-refractivity contribution is 5.77. The van der Waals surface area contributed by atoms with Gasteiger partial charge in [0.05, 0.1) is 0 Å². The SMILES string of the molecule is Cc1ccc(CCC(=O)N2CCNCC2c2nccn2C)cc1. The third-order valence-corrected chi connectivity index (χ3v) is 4.47. The van der Waals surface area contributed by atoms with E-state index < -0.39 is 0 Å². The van der Waals surface area contributed by atoms with Gasteiger partial charge in [0, 0.05) is 45.5 Å². The second kappa shape index (κ2) is 6.96. The van der Waals surface area contributed by atoms with Crippen LogP contribution in [0.4, 0.5) is 0 Å². The van der Waals surface area contributed by atoms with Crippen molar-refractivity contribution in [2.24, 2.45) is 7.05 Å². The molecular formula is C18H24N4O. The van der Waals surface area contributed by atoms with Gasteiger partial charge in [-0.05, 0) is 18.9 Å². The Morgan fingerprint density at radius 3 is 2.83 bits per heavy atom. The Labute approximate surface area is 137 Å². The number of carbonyl (C=O) groups excluding carboxylic acids is 1. The molecule has 1 atom stereocenters. The minimum absolute atomic E-state index is 0.0225. The first-order chi connectivity index (χ1) is 11.1. The lowest BCUT2D eigenvalue weighted by atomic mass is 10.1. The summed E-state index contributed by atoms with van der Waals surface area (Å²) in [7, 11) is 1.98. The minimum Gasteiger partial charge on any atom is -0.336 e. The third kappa shape index (κ3) is 3.62. The maximum absolute atomic E-state index is 12.7. The molecule has 5 nitrogen and oxygen atoms in total. The van der Waals surface area contributed by atoms with Gasteiger partial charge in [-0.15, -0.1) is 0 Å². The van der Waals surface area contributed by atoms with Gasteiger partial charge < -0.3 is 14.8 Å². The Bertz CT molecular complexity index is 662. The summed E-state index contributed by atoms with van der Waals surface area (Å²) < 4.78 is 2.00. The largest absolute Gasteiger partial charge is 0.336 e. The molecule has 2 heterocycles. The van der Waals surface area contributed by atoms with Crippen molar-refractivity contribution in [3.63, 3.8) is 0 Å². The lowest BCUT2D eigenvalue weighted by molar-refractivity contribution is -0.134. The summed E-state index contributed by atoms with van der Waals surface area (Å²) in [6.07, 6.45) is 5.05. The lowest BCUT2D eigenvalue weighted by Gasteiger charge is -2.35. The van der Waals surface area contributed by atoms with Crippen LogP contribution in [0.1, 0.15) is 29.4 Å². The van der Waals surface area contributed by atoms with Crippen molar-refractivity contribution in [3.05, 3.63) is 53.6 Å². The first-order valence-electron chi connectivity index (χ1n) is 8.18. The van der Waals surface area contributed by atoms with Crippen LogP contribution in [0.25, 0.3) is 0 Å². The van der Waals surface area contributed by atoms with E-state index in [-0.39, 0.29) is 11.9 Å². The molecule has 1 saturated heterocycles. The van der Waals surface area contributed by atoms with Crippen molar-refractivity contribution in [1.29, 1.82) is 0 Å². The summed E-state index contributed by atoms with van der Waals surface area (Å²) in [5, 5.41) is 3.37. The van der Waals surface area contributed by atoms with E-state index in [2.05, 4.69) is 41.5 Å². The highest BCUT2D eigenvalue weighted by Gasteiger charge is 2.29. The number of piperazine rings is 1. The van der Waals surface area contributed by atoms with Crippen molar-refractivity contribution in [2.75, 3.05) is 19.6 Å². The molecule has 1 aliphatic rings. The predicted molar refractivity (Wildman–Crippen MR) is 90.0 cm³/mol. The number of nitrogens with zero attached hydrogens (tertiary/aromatic N) is 3. The molecule has 1 aromatic carbocycles. The molecule has 0 saturated carbocycles. The third-order valence-electron chi connectivity index (χ3n) is 4.47. The standard InChI is InChI=1S/C18H24N4O/c1-14-3-5-15(6-4-14)7-8-17(23)22-12-9-19-13-16(22)18-20-10-11-21(18)2/h3-6,10-11,16,19H,7-9,12-13H2,1-2H3. The van der Waals surface area contributed by atoms with Gasteiger partial charge >= 0.3 is 0 Å². The Kier molecular flexibility index (Phi) is 4.76. The van der Waals surface area contributed by atoms with Gasteiger partial charge in [-0.25, -0.2) is 4.98 Å². The number of benzene rings is 1. The molecule has 122 valence electrons. The first kappa shape index (κ1) is 15.7. The Hall–Kier alpha value is -2.14. The molecule has 0 spiro atoms. The van der Waals surface area contributed by atoms with Crippen LogP contribution in [-0.4, -0.2) is 40.0 Å². The molecule has 1 fully saturated rings. The number of amides is 1. The van der Waals surface area contributed by atoms with E-state index in [1.165, 1.54) is 11.1 Å². The van der Waals surface area contributed by atoms with Crippen LogP contribution in [0.2, 0.25) is 0 Å². The van der Waals surface area contributed by atoms with E-state index in [1.807, 2.05) is 22.7 Å². The Morgan fingerprint density at radius 1 is 1.35 bits per heavy atom. The van der Waals surface area contributed by atoms with Gasteiger partial charge in [0.2, 0.25) is 5.91 Å². The van der Waals surface area contributed by atoms with Gasteiger partial charge in [0.15, 0.2) is 0 Å². The fraction of sp³-hybridized carbons (Fsp3) is 0.444. The molecular weight excluding hydrogens is 288 g/mol. The average Bonchev–Trinajstić information content (AvgIpc) is 3.00. The summed E-state index contributed by atoms with van der Waals surface area (Å²) in [6, 6.07) is 8.44. The van der Waals surface area contributed by atoms with Crippen LogP contribution in [0.15, 0.2) is 36.7 Å². The first-order valence-corrected chi connectivity index (χ1v) is 8.18. The summed E-state index contributed by atoms with van der Waals surface area (Å²) in [5.74, 6) is 1.15.